The van der Waals surface area contributed by atoms with E-state index in [4.69, 9.17) is 9.47 Å². The predicted molar refractivity (Wildman–Crippen MR) is 44.8 cm³/mol. The lowest BCUT2D eigenvalue weighted by atomic mass is 10.2. The lowest BCUT2D eigenvalue weighted by Crippen LogP contribution is -2.11. The van der Waals surface area contributed by atoms with Gasteiger partial charge in [-0.05, 0) is 6.08 Å². The normalized spacial score (nSPS) is 27.6. The van der Waals surface area contributed by atoms with E-state index in [1.165, 1.54) is 5.57 Å². The first-order valence-electron chi connectivity index (χ1n) is 3.40. The summed E-state index contributed by atoms with van der Waals surface area (Å²) in [6.07, 6.45) is 7.33. The molecule has 0 aromatic carbocycles. The maximum absolute atomic E-state index is 5.29. The molecule has 0 bridgehead atoms. The minimum atomic E-state index is 0.139. The number of rotatable bonds is 1. The zero-order valence-electron chi connectivity index (χ0n) is 5.90. The molecule has 1 unspecified atom stereocenters. The smallest absolute Gasteiger partial charge is 0.172 e. The Bertz CT molecular complexity index is 222. The number of hydrogen-bond donors (Lipinski definition) is 0. The van der Waals surface area contributed by atoms with Crippen LogP contribution >= 0.6 is 11.8 Å². The lowest BCUT2D eigenvalue weighted by Gasteiger charge is -2.15. The summed E-state index contributed by atoms with van der Waals surface area (Å²) in [5, 5.41) is 1.95. The number of thioether (sulfide) groups is 1. The fourth-order valence-electron chi connectivity index (χ4n) is 0.971. The third-order valence-corrected chi connectivity index (χ3v) is 2.43. The molecule has 0 aromatic rings. The van der Waals surface area contributed by atoms with Crippen LogP contribution in [-0.4, -0.2) is 12.0 Å². The van der Waals surface area contributed by atoms with Crippen LogP contribution in [0.15, 0.2) is 35.7 Å². The summed E-state index contributed by atoms with van der Waals surface area (Å²) in [6, 6.07) is 0. The fraction of sp³-hybridized carbons (Fsp3) is 0.250. The molecule has 0 radical (unpaired) electrons. The van der Waals surface area contributed by atoms with Crippen molar-refractivity contribution in [2.75, 3.05) is 6.61 Å². The van der Waals surface area contributed by atoms with Gasteiger partial charge in [0.2, 0.25) is 0 Å². The summed E-state index contributed by atoms with van der Waals surface area (Å²) in [4.78, 5) is 0. The van der Waals surface area contributed by atoms with Crippen LogP contribution in [0.25, 0.3) is 0 Å². The molecular weight excluding hydrogens is 160 g/mol. The van der Waals surface area contributed by atoms with Gasteiger partial charge >= 0.3 is 0 Å². The zero-order chi connectivity index (χ0) is 7.52. The van der Waals surface area contributed by atoms with E-state index in [2.05, 4.69) is 0 Å². The Morgan fingerprint density at radius 1 is 1.45 bits per heavy atom. The fourth-order valence-corrected chi connectivity index (χ4v) is 1.69. The third kappa shape index (κ3) is 1.43. The van der Waals surface area contributed by atoms with E-state index in [1.807, 2.05) is 17.6 Å². The van der Waals surface area contributed by atoms with Gasteiger partial charge in [0.15, 0.2) is 5.44 Å². The van der Waals surface area contributed by atoms with Gasteiger partial charge in [-0.1, -0.05) is 17.8 Å². The van der Waals surface area contributed by atoms with Gasteiger partial charge in [0.05, 0.1) is 12.5 Å². The summed E-state index contributed by atoms with van der Waals surface area (Å²) >= 11 is 1.66. The van der Waals surface area contributed by atoms with Crippen molar-refractivity contribution in [2.24, 2.45) is 0 Å². The largest absolute Gasteiger partial charge is 0.497 e. The summed E-state index contributed by atoms with van der Waals surface area (Å²) < 4.78 is 10.4. The highest BCUT2D eigenvalue weighted by Gasteiger charge is 2.18. The molecule has 2 aliphatic heterocycles. The van der Waals surface area contributed by atoms with Crippen LogP contribution < -0.4 is 0 Å². The molecule has 0 saturated heterocycles. The second-order valence-corrected chi connectivity index (χ2v) is 3.23. The molecular formula is C8H8O2S. The quantitative estimate of drug-likeness (QED) is 0.596. The molecule has 0 N–H and O–H groups in total. The summed E-state index contributed by atoms with van der Waals surface area (Å²) in [6.45, 7) is 0.649. The Balaban J connectivity index is 2.03. The van der Waals surface area contributed by atoms with Crippen LogP contribution in [0.4, 0.5) is 0 Å². The number of hydrogen-bond acceptors (Lipinski definition) is 3. The van der Waals surface area contributed by atoms with Gasteiger partial charge in [0, 0.05) is 11.0 Å². The van der Waals surface area contributed by atoms with Crippen LogP contribution in [0.1, 0.15) is 0 Å². The number of ether oxygens (including phenoxy) is 2. The van der Waals surface area contributed by atoms with E-state index in [1.54, 1.807) is 24.3 Å². The molecule has 2 rings (SSSR count). The molecule has 2 nitrogen and oxygen atoms in total. The molecule has 0 spiro atoms. The summed E-state index contributed by atoms with van der Waals surface area (Å²) in [7, 11) is 0. The summed E-state index contributed by atoms with van der Waals surface area (Å²) in [5.41, 5.74) is 1.32. The molecule has 11 heavy (non-hydrogen) atoms. The van der Waals surface area contributed by atoms with Gasteiger partial charge < -0.3 is 9.47 Å². The second-order valence-electron chi connectivity index (χ2n) is 2.26. The Labute approximate surface area is 69.6 Å². The van der Waals surface area contributed by atoms with Gasteiger partial charge in [0.1, 0.15) is 6.61 Å². The van der Waals surface area contributed by atoms with E-state index in [-0.39, 0.29) is 5.44 Å². The van der Waals surface area contributed by atoms with Gasteiger partial charge in [-0.3, -0.25) is 0 Å². The molecule has 58 valence electrons. The Hall–Kier alpha value is -0.830. The van der Waals surface area contributed by atoms with Crippen molar-refractivity contribution in [1.29, 1.82) is 0 Å². The molecule has 0 aromatic heterocycles. The Morgan fingerprint density at radius 2 is 2.45 bits per heavy atom. The van der Waals surface area contributed by atoms with Gasteiger partial charge in [0.25, 0.3) is 0 Å². The van der Waals surface area contributed by atoms with Crippen molar-refractivity contribution in [2.45, 2.75) is 5.44 Å². The van der Waals surface area contributed by atoms with Crippen LogP contribution in [0.5, 0.6) is 0 Å². The van der Waals surface area contributed by atoms with E-state index >= 15 is 0 Å². The van der Waals surface area contributed by atoms with E-state index in [9.17, 15) is 0 Å². The molecule has 2 aliphatic rings. The van der Waals surface area contributed by atoms with Gasteiger partial charge in [-0.25, -0.2) is 0 Å². The molecule has 0 fully saturated rings. The first-order valence-corrected chi connectivity index (χ1v) is 4.34. The summed E-state index contributed by atoms with van der Waals surface area (Å²) in [5.74, 6) is 0. The average molecular weight is 168 g/mol. The second kappa shape index (κ2) is 3.05. The molecule has 1 atom stereocenters. The highest BCUT2D eigenvalue weighted by atomic mass is 32.2. The topological polar surface area (TPSA) is 18.5 Å². The van der Waals surface area contributed by atoms with Gasteiger partial charge in [-0.15, -0.1) is 0 Å². The molecule has 0 saturated carbocycles. The first kappa shape index (κ1) is 6.85. The van der Waals surface area contributed by atoms with E-state index in [0.29, 0.717) is 6.61 Å². The van der Waals surface area contributed by atoms with Crippen molar-refractivity contribution >= 4 is 11.8 Å². The highest BCUT2D eigenvalue weighted by Crippen LogP contribution is 2.28. The van der Waals surface area contributed by atoms with Crippen LogP contribution in [-0.2, 0) is 9.47 Å². The minimum absolute atomic E-state index is 0.139. The van der Waals surface area contributed by atoms with Crippen molar-refractivity contribution in [3.63, 3.8) is 0 Å². The van der Waals surface area contributed by atoms with Gasteiger partial charge in [-0.2, -0.15) is 0 Å². The van der Waals surface area contributed by atoms with Crippen molar-refractivity contribution < 1.29 is 9.47 Å². The van der Waals surface area contributed by atoms with Crippen molar-refractivity contribution in [3.05, 3.63) is 35.7 Å². The maximum Gasteiger partial charge on any atom is 0.172 e. The first-order chi connectivity index (χ1) is 5.47. The third-order valence-electron chi connectivity index (χ3n) is 1.50. The maximum atomic E-state index is 5.29. The van der Waals surface area contributed by atoms with Crippen LogP contribution in [0.3, 0.4) is 0 Å². The lowest BCUT2D eigenvalue weighted by molar-refractivity contribution is 0.215. The van der Waals surface area contributed by atoms with Crippen LogP contribution in [0.2, 0.25) is 0 Å². The predicted octanol–water partition coefficient (Wildman–Crippen LogP) is 2.02. The number of allylic oxidation sites excluding steroid dienone is 2. The Kier molecular flexibility index (Phi) is 1.90. The van der Waals surface area contributed by atoms with Crippen molar-refractivity contribution in [3.8, 4) is 0 Å². The monoisotopic (exact) mass is 168 g/mol. The van der Waals surface area contributed by atoms with Crippen LogP contribution in [0, 0.1) is 0 Å². The van der Waals surface area contributed by atoms with E-state index in [0.717, 1.165) is 0 Å². The Morgan fingerprint density at radius 3 is 3.09 bits per heavy atom. The van der Waals surface area contributed by atoms with Crippen molar-refractivity contribution in [1.82, 2.24) is 0 Å². The standard InChI is InChI=1S/C8H8O2S/c1-2-7(6-9-3-1)8-10-4-5-11-8/h1-5,8H,6H2. The molecule has 0 amide bonds. The van der Waals surface area contributed by atoms with E-state index < -0.39 is 0 Å². The minimum Gasteiger partial charge on any atom is -0.497 e. The zero-order valence-corrected chi connectivity index (χ0v) is 6.71. The molecule has 3 heteroatoms. The molecule has 2 heterocycles. The molecule has 0 aliphatic carbocycles. The average Bonchev–Trinajstić information content (AvgIpc) is 2.58. The highest BCUT2D eigenvalue weighted by molar-refractivity contribution is 8.02. The SMILES string of the molecule is C1=COCC(C2OC=CS2)=C1.